The lowest BCUT2D eigenvalue weighted by Crippen LogP contribution is -1.93. The summed E-state index contributed by atoms with van der Waals surface area (Å²) in [5.41, 5.74) is 1.54. The maximum atomic E-state index is 12.2. The second-order valence-electron chi connectivity index (χ2n) is 5.36. The Labute approximate surface area is 146 Å². The number of hydrogen-bond acceptors (Lipinski definition) is 4. The lowest BCUT2D eigenvalue weighted by atomic mass is 10.1. The Bertz CT molecular complexity index is 871. The smallest absolute Gasteiger partial charge is 0.185 e. The van der Waals surface area contributed by atoms with Crippen molar-refractivity contribution in [3.63, 3.8) is 0 Å². The fraction of sp³-hybridized carbons (Fsp3) is 0.0952. The van der Waals surface area contributed by atoms with Crippen molar-refractivity contribution in [3.8, 4) is 22.8 Å². The van der Waals surface area contributed by atoms with E-state index in [1.54, 1.807) is 44.6 Å². The fourth-order valence-corrected chi connectivity index (χ4v) is 2.36. The van der Waals surface area contributed by atoms with Gasteiger partial charge in [0.25, 0.3) is 0 Å². The number of carbonyl (C=O) groups excluding carboxylic acids is 1. The van der Waals surface area contributed by atoms with Gasteiger partial charge in [0, 0.05) is 11.1 Å². The summed E-state index contributed by atoms with van der Waals surface area (Å²) in [5.74, 6) is 2.77. The highest BCUT2D eigenvalue weighted by molar-refractivity contribution is 6.06. The van der Waals surface area contributed by atoms with Crippen molar-refractivity contribution in [2.24, 2.45) is 0 Å². The minimum atomic E-state index is -0.0925. The third kappa shape index (κ3) is 3.98. The van der Waals surface area contributed by atoms with E-state index >= 15 is 0 Å². The van der Waals surface area contributed by atoms with Crippen LogP contribution in [0.15, 0.2) is 71.2 Å². The number of methoxy groups -OCH3 is 2. The highest BCUT2D eigenvalue weighted by atomic mass is 16.5. The van der Waals surface area contributed by atoms with Crippen LogP contribution in [-0.2, 0) is 0 Å². The predicted molar refractivity (Wildman–Crippen MR) is 97.1 cm³/mol. The van der Waals surface area contributed by atoms with E-state index in [-0.39, 0.29) is 5.78 Å². The monoisotopic (exact) mass is 334 g/mol. The Morgan fingerprint density at radius 2 is 1.44 bits per heavy atom. The summed E-state index contributed by atoms with van der Waals surface area (Å²) >= 11 is 0. The molecule has 0 aliphatic rings. The molecule has 0 saturated carbocycles. The second kappa shape index (κ2) is 7.53. The van der Waals surface area contributed by atoms with E-state index in [1.165, 1.54) is 6.08 Å². The molecule has 126 valence electrons. The van der Waals surface area contributed by atoms with Gasteiger partial charge in [-0.15, -0.1) is 0 Å². The van der Waals surface area contributed by atoms with Gasteiger partial charge in [-0.05, 0) is 72.8 Å². The average molecular weight is 334 g/mol. The van der Waals surface area contributed by atoms with Crippen LogP contribution in [0.25, 0.3) is 17.4 Å². The van der Waals surface area contributed by atoms with Gasteiger partial charge in [0.2, 0.25) is 0 Å². The number of furan rings is 1. The van der Waals surface area contributed by atoms with E-state index in [0.29, 0.717) is 11.3 Å². The van der Waals surface area contributed by atoms with Crippen LogP contribution in [-0.4, -0.2) is 20.0 Å². The van der Waals surface area contributed by atoms with Gasteiger partial charge >= 0.3 is 0 Å². The molecule has 2 aromatic carbocycles. The average Bonchev–Trinajstić information content (AvgIpc) is 3.15. The van der Waals surface area contributed by atoms with E-state index in [0.717, 1.165) is 22.8 Å². The van der Waals surface area contributed by atoms with Crippen LogP contribution >= 0.6 is 0 Å². The molecule has 0 radical (unpaired) electrons. The summed E-state index contributed by atoms with van der Waals surface area (Å²) in [7, 11) is 3.22. The minimum absolute atomic E-state index is 0.0925. The molecular formula is C21H18O4. The molecule has 0 bridgehead atoms. The molecule has 3 rings (SSSR count). The normalized spacial score (nSPS) is 10.8. The summed E-state index contributed by atoms with van der Waals surface area (Å²) in [5, 5.41) is 0. The van der Waals surface area contributed by atoms with Crippen LogP contribution in [0.2, 0.25) is 0 Å². The van der Waals surface area contributed by atoms with E-state index in [9.17, 15) is 4.79 Å². The number of ether oxygens (including phenoxy) is 2. The van der Waals surface area contributed by atoms with Crippen LogP contribution in [0.4, 0.5) is 0 Å². The van der Waals surface area contributed by atoms with Crippen LogP contribution < -0.4 is 9.47 Å². The summed E-state index contributed by atoms with van der Waals surface area (Å²) in [4.78, 5) is 12.2. The first-order valence-electron chi connectivity index (χ1n) is 7.80. The second-order valence-corrected chi connectivity index (χ2v) is 5.36. The van der Waals surface area contributed by atoms with Gasteiger partial charge in [0.05, 0.1) is 14.2 Å². The molecule has 0 aliphatic carbocycles. The summed E-state index contributed by atoms with van der Waals surface area (Å²) in [6.07, 6.45) is 3.16. The predicted octanol–water partition coefficient (Wildman–Crippen LogP) is 4.86. The molecule has 0 N–H and O–H groups in total. The highest BCUT2D eigenvalue weighted by Gasteiger charge is 2.05. The third-order valence-corrected chi connectivity index (χ3v) is 3.77. The summed E-state index contributed by atoms with van der Waals surface area (Å²) in [6.45, 7) is 0. The molecular weight excluding hydrogens is 316 g/mol. The zero-order valence-electron chi connectivity index (χ0n) is 14.1. The number of ketones is 1. The molecule has 0 spiro atoms. The SMILES string of the molecule is COc1ccc(C(=O)C=Cc2ccc(-c3ccc(OC)cc3)o2)cc1. The van der Waals surface area contributed by atoms with Gasteiger partial charge in [-0.25, -0.2) is 0 Å². The van der Waals surface area contributed by atoms with Gasteiger partial charge in [0.15, 0.2) is 5.78 Å². The minimum Gasteiger partial charge on any atom is -0.497 e. The largest absolute Gasteiger partial charge is 0.497 e. The number of carbonyl (C=O) groups is 1. The van der Waals surface area contributed by atoms with Gasteiger partial charge in [-0.3, -0.25) is 4.79 Å². The third-order valence-electron chi connectivity index (χ3n) is 3.77. The van der Waals surface area contributed by atoms with E-state index < -0.39 is 0 Å². The summed E-state index contributed by atoms with van der Waals surface area (Å²) in [6, 6.07) is 18.3. The lowest BCUT2D eigenvalue weighted by Gasteiger charge is -2.00. The molecule has 1 heterocycles. The first-order valence-corrected chi connectivity index (χ1v) is 7.80. The van der Waals surface area contributed by atoms with Crippen molar-refractivity contribution in [1.29, 1.82) is 0 Å². The topological polar surface area (TPSA) is 48.7 Å². The van der Waals surface area contributed by atoms with E-state index in [4.69, 9.17) is 13.9 Å². The number of benzene rings is 2. The number of allylic oxidation sites excluding steroid dienone is 1. The first kappa shape index (κ1) is 16.6. The molecule has 0 amide bonds. The highest BCUT2D eigenvalue weighted by Crippen LogP contribution is 2.25. The molecule has 0 saturated heterocycles. The molecule has 0 atom stereocenters. The van der Waals surface area contributed by atoms with Crippen molar-refractivity contribution >= 4 is 11.9 Å². The quantitative estimate of drug-likeness (QED) is 0.477. The van der Waals surface area contributed by atoms with E-state index in [1.807, 2.05) is 36.4 Å². The lowest BCUT2D eigenvalue weighted by molar-refractivity contribution is 0.104. The molecule has 25 heavy (non-hydrogen) atoms. The molecule has 0 fully saturated rings. The van der Waals surface area contributed by atoms with Crippen LogP contribution in [0.3, 0.4) is 0 Å². The summed E-state index contributed by atoms with van der Waals surface area (Å²) < 4.78 is 16.0. The Kier molecular flexibility index (Phi) is 5.00. The van der Waals surface area contributed by atoms with Gasteiger partial charge in [-0.1, -0.05) is 0 Å². The van der Waals surface area contributed by atoms with Crippen molar-refractivity contribution in [2.75, 3.05) is 14.2 Å². The Balaban J connectivity index is 1.71. The number of rotatable bonds is 6. The van der Waals surface area contributed by atoms with Crippen molar-refractivity contribution in [3.05, 3.63) is 78.1 Å². The Morgan fingerprint density at radius 3 is 2.04 bits per heavy atom. The molecule has 4 heteroatoms. The zero-order valence-corrected chi connectivity index (χ0v) is 14.1. The van der Waals surface area contributed by atoms with Crippen LogP contribution in [0.1, 0.15) is 16.1 Å². The first-order chi connectivity index (χ1) is 12.2. The van der Waals surface area contributed by atoms with Crippen molar-refractivity contribution in [1.82, 2.24) is 0 Å². The fourth-order valence-electron chi connectivity index (χ4n) is 2.36. The van der Waals surface area contributed by atoms with Crippen molar-refractivity contribution < 1.29 is 18.7 Å². The maximum absolute atomic E-state index is 12.2. The van der Waals surface area contributed by atoms with Gasteiger partial charge in [0.1, 0.15) is 23.0 Å². The molecule has 4 nitrogen and oxygen atoms in total. The van der Waals surface area contributed by atoms with Gasteiger partial charge < -0.3 is 13.9 Å². The van der Waals surface area contributed by atoms with E-state index in [2.05, 4.69) is 0 Å². The Morgan fingerprint density at radius 1 is 0.840 bits per heavy atom. The molecule has 0 unspecified atom stereocenters. The molecule has 1 aromatic heterocycles. The maximum Gasteiger partial charge on any atom is 0.185 e. The van der Waals surface area contributed by atoms with Crippen LogP contribution in [0, 0.1) is 0 Å². The Hall–Kier alpha value is -3.27. The standard InChI is InChI=1S/C21H18O4/c1-23-17-7-3-15(4-8-17)20(22)13-11-19-12-14-21(25-19)16-5-9-18(24-2)10-6-16/h3-14H,1-2H3. The molecule has 3 aromatic rings. The van der Waals surface area contributed by atoms with Gasteiger partial charge in [-0.2, -0.15) is 0 Å². The van der Waals surface area contributed by atoms with Crippen LogP contribution in [0.5, 0.6) is 11.5 Å². The zero-order chi connectivity index (χ0) is 17.6. The van der Waals surface area contributed by atoms with Crippen molar-refractivity contribution in [2.45, 2.75) is 0 Å². The molecule has 0 aliphatic heterocycles. The number of hydrogen-bond donors (Lipinski definition) is 0.